The van der Waals surface area contributed by atoms with Crippen LogP contribution in [0.3, 0.4) is 0 Å². The highest BCUT2D eigenvalue weighted by molar-refractivity contribution is 4.93. The normalized spacial score (nSPS) is 19.5. The zero-order chi connectivity index (χ0) is 12.8. The maximum Gasteiger partial charge on any atom is 0.0394 e. The molecule has 0 bridgehead atoms. The van der Waals surface area contributed by atoms with E-state index in [2.05, 4.69) is 52.1 Å². The number of nitrogens with two attached hydrogens (primary N) is 1. The Bertz CT molecular complexity index is 182. The van der Waals surface area contributed by atoms with Crippen LogP contribution in [0.15, 0.2) is 0 Å². The molecule has 0 aromatic carbocycles. The Balaban J connectivity index is 4.56. The summed E-state index contributed by atoms with van der Waals surface area (Å²) in [5.41, 5.74) is 3.16. The SMILES string of the molecule is CCCC(C)CC(NN)C(C)(CC)N(C)C. The van der Waals surface area contributed by atoms with Crippen molar-refractivity contribution in [3.63, 3.8) is 0 Å². The molecular weight excluding hydrogens is 198 g/mol. The van der Waals surface area contributed by atoms with Crippen molar-refractivity contribution in [1.29, 1.82) is 0 Å². The molecule has 0 aliphatic rings. The van der Waals surface area contributed by atoms with Crippen LogP contribution < -0.4 is 11.3 Å². The second-order valence-corrected chi connectivity index (χ2v) is 5.45. The third-order valence-corrected chi connectivity index (χ3v) is 4.11. The monoisotopic (exact) mass is 229 g/mol. The summed E-state index contributed by atoms with van der Waals surface area (Å²) in [6.07, 6.45) is 4.79. The van der Waals surface area contributed by atoms with E-state index in [9.17, 15) is 0 Å². The highest BCUT2D eigenvalue weighted by Gasteiger charge is 2.34. The van der Waals surface area contributed by atoms with Crippen LogP contribution in [0.4, 0.5) is 0 Å². The summed E-state index contributed by atoms with van der Waals surface area (Å²) in [5, 5.41) is 0. The molecule has 0 saturated heterocycles. The Hall–Kier alpha value is -0.120. The number of hydrogen-bond acceptors (Lipinski definition) is 3. The van der Waals surface area contributed by atoms with Gasteiger partial charge in [-0.2, -0.15) is 0 Å². The maximum atomic E-state index is 5.74. The van der Waals surface area contributed by atoms with Crippen LogP contribution in [0.25, 0.3) is 0 Å². The van der Waals surface area contributed by atoms with Crippen LogP contribution in [0.2, 0.25) is 0 Å². The lowest BCUT2D eigenvalue weighted by Crippen LogP contribution is -2.59. The summed E-state index contributed by atoms with van der Waals surface area (Å²) in [7, 11) is 4.27. The van der Waals surface area contributed by atoms with Gasteiger partial charge in [0.25, 0.3) is 0 Å². The lowest BCUT2D eigenvalue weighted by Gasteiger charge is -2.43. The zero-order valence-electron chi connectivity index (χ0n) is 12.0. The fourth-order valence-electron chi connectivity index (χ4n) is 2.39. The smallest absolute Gasteiger partial charge is 0.0394 e. The van der Waals surface area contributed by atoms with Crippen molar-refractivity contribution in [2.45, 2.75) is 65.0 Å². The van der Waals surface area contributed by atoms with Crippen molar-refractivity contribution in [1.82, 2.24) is 10.3 Å². The standard InChI is InChI=1S/C13H31N3/c1-7-9-11(3)10-12(15-14)13(4,8-2)16(5)6/h11-12,15H,7-10,14H2,1-6H3. The molecule has 0 amide bonds. The first kappa shape index (κ1) is 15.9. The number of likely N-dealkylation sites (N-methyl/N-ethyl adjacent to an activating group) is 1. The summed E-state index contributed by atoms with van der Waals surface area (Å²) in [6, 6.07) is 0.356. The van der Waals surface area contributed by atoms with Crippen LogP contribution >= 0.6 is 0 Å². The van der Waals surface area contributed by atoms with Crippen molar-refractivity contribution >= 4 is 0 Å². The molecule has 0 aromatic heterocycles. The van der Waals surface area contributed by atoms with Crippen LogP contribution in [-0.2, 0) is 0 Å². The van der Waals surface area contributed by atoms with Crippen molar-refractivity contribution in [2.75, 3.05) is 14.1 Å². The van der Waals surface area contributed by atoms with Crippen molar-refractivity contribution in [3.8, 4) is 0 Å². The van der Waals surface area contributed by atoms with Gasteiger partial charge in [0.1, 0.15) is 0 Å². The van der Waals surface area contributed by atoms with Crippen LogP contribution in [0.5, 0.6) is 0 Å². The summed E-state index contributed by atoms with van der Waals surface area (Å²) in [4.78, 5) is 2.29. The second kappa shape index (κ2) is 7.25. The number of nitrogens with one attached hydrogen (secondary N) is 1. The number of hydrogen-bond donors (Lipinski definition) is 2. The Labute approximate surface area is 102 Å². The molecule has 0 aromatic rings. The predicted molar refractivity (Wildman–Crippen MR) is 72.2 cm³/mol. The fourth-order valence-corrected chi connectivity index (χ4v) is 2.39. The van der Waals surface area contributed by atoms with Gasteiger partial charge in [-0.3, -0.25) is 11.3 Å². The molecule has 0 heterocycles. The average molecular weight is 229 g/mol. The second-order valence-electron chi connectivity index (χ2n) is 5.45. The Morgan fingerprint density at radius 1 is 1.31 bits per heavy atom. The molecule has 98 valence electrons. The van der Waals surface area contributed by atoms with Gasteiger partial charge < -0.3 is 4.90 Å². The first-order valence-electron chi connectivity index (χ1n) is 6.55. The molecule has 3 nitrogen and oxygen atoms in total. The minimum atomic E-state index is 0.136. The van der Waals surface area contributed by atoms with E-state index in [0.717, 1.165) is 18.8 Å². The van der Waals surface area contributed by atoms with Crippen LogP contribution in [0, 0.1) is 5.92 Å². The maximum absolute atomic E-state index is 5.74. The van der Waals surface area contributed by atoms with E-state index >= 15 is 0 Å². The average Bonchev–Trinajstić information content (AvgIpc) is 2.24. The molecule has 3 N–H and O–H groups in total. The van der Waals surface area contributed by atoms with Gasteiger partial charge in [0.15, 0.2) is 0 Å². The van der Waals surface area contributed by atoms with E-state index in [4.69, 9.17) is 5.84 Å². The Kier molecular flexibility index (Phi) is 7.20. The predicted octanol–water partition coefficient (Wildman–Crippen LogP) is 2.37. The van der Waals surface area contributed by atoms with Crippen molar-refractivity contribution < 1.29 is 0 Å². The minimum Gasteiger partial charge on any atom is -0.302 e. The lowest BCUT2D eigenvalue weighted by atomic mass is 9.82. The minimum absolute atomic E-state index is 0.136. The largest absolute Gasteiger partial charge is 0.302 e. The lowest BCUT2D eigenvalue weighted by molar-refractivity contribution is 0.0988. The number of rotatable bonds is 8. The van der Waals surface area contributed by atoms with Gasteiger partial charge in [-0.15, -0.1) is 0 Å². The molecular formula is C13H31N3. The number of hydrazine groups is 1. The van der Waals surface area contributed by atoms with E-state index in [0.29, 0.717) is 6.04 Å². The summed E-state index contributed by atoms with van der Waals surface area (Å²) in [5.74, 6) is 6.47. The third kappa shape index (κ3) is 4.04. The summed E-state index contributed by atoms with van der Waals surface area (Å²) >= 11 is 0. The summed E-state index contributed by atoms with van der Waals surface area (Å²) in [6.45, 7) is 9.08. The van der Waals surface area contributed by atoms with E-state index in [1.54, 1.807) is 0 Å². The van der Waals surface area contributed by atoms with E-state index < -0.39 is 0 Å². The Morgan fingerprint density at radius 2 is 1.88 bits per heavy atom. The highest BCUT2D eigenvalue weighted by atomic mass is 15.3. The number of nitrogens with zero attached hydrogens (tertiary/aromatic N) is 1. The van der Waals surface area contributed by atoms with Gasteiger partial charge in [-0.25, -0.2) is 0 Å². The molecule has 0 aliphatic heterocycles. The third-order valence-electron chi connectivity index (χ3n) is 4.11. The molecule has 0 rings (SSSR count). The quantitative estimate of drug-likeness (QED) is 0.496. The van der Waals surface area contributed by atoms with Crippen LogP contribution in [0.1, 0.15) is 53.4 Å². The molecule has 0 radical (unpaired) electrons. The molecule has 3 unspecified atom stereocenters. The highest BCUT2D eigenvalue weighted by Crippen LogP contribution is 2.26. The van der Waals surface area contributed by atoms with Crippen LogP contribution in [-0.4, -0.2) is 30.6 Å². The van der Waals surface area contributed by atoms with Crippen molar-refractivity contribution in [2.24, 2.45) is 11.8 Å². The Morgan fingerprint density at radius 3 is 2.19 bits per heavy atom. The fraction of sp³-hybridized carbons (Fsp3) is 1.00. The zero-order valence-corrected chi connectivity index (χ0v) is 12.0. The topological polar surface area (TPSA) is 41.3 Å². The first-order valence-corrected chi connectivity index (χ1v) is 6.55. The first-order chi connectivity index (χ1) is 7.42. The molecule has 0 fully saturated rings. The molecule has 0 aliphatic carbocycles. The van der Waals surface area contributed by atoms with Crippen molar-refractivity contribution in [3.05, 3.63) is 0 Å². The molecule has 0 spiro atoms. The van der Waals surface area contributed by atoms with Gasteiger partial charge in [0.2, 0.25) is 0 Å². The summed E-state index contributed by atoms with van der Waals surface area (Å²) < 4.78 is 0. The molecule has 0 saturated carbocycles. The molecule has 16 heavy (non-hydrogen) atoms. The van der Waals surface area contributed by atoms with Gasteiger partial charge in [0.05, 0.1) is 0 Å². The van der Waals surface area contributed by atoms with E-state index in [1.807, 2.05) is 0 Å². The van der Waals surface area contributed by atoms with Gasteiger partial charge in [-0.05, 0) is 39.8 Å². The van der Waals surface area contributed by atoms with E-state index in [1.165, 1.54) is 12.8 Å². The van der Waals surface area contributed by atoms with Gasteiger partial charge in [-0.1, -0.05) is 33.6 Å². The van der Waals surface area contributed by atoms with Gasteiger partial charge in [0, 0.05) is 11.6 Å². The van der Waals surface area contributed by atoms with Gasteiger partial charge >= 0.3 is 0 Å². The van der Waals surface area contributed by atoms with E-state index in [-0.39, 0.29) is 5.54 Å². The molecule has 3 atom stereocenters. The molecule has 3 heteroatoms.